The van der Waals surface area contributed by atoms with Gasteiger partial charge in [0.25, 0.3) is 0 Å². The molecule has 4 rings (SSSR count). The summed E-state index contributed by atoms with van der Waals surface area (Å²) in [6.07, 6.45) is 12.6. The Morgan fingerprint density at radius 1 is 0.842 bits per heavy atom. The molecule has 0 N–H and O–H groups in total. The Morgan fingerprint density at radius 3 is 2.24 bits per heavy atom. The maximum absolute atomic E-state index is 15.0. The van der Waals surface area contributed by atoms with Gasteiger partial charge >= 0.3 is 0 Å². The fourth-order valence-corrected chi connectivity index (χ4v) is 5.00. The fourth-order valence-electron chi connectivity index (χ4n) is 5.00. The second kappa shape index (κ2) is 13.7. The highest BCUT2D eigenvalue weighted by Crippen LogP contribution is 2.32. The van der Waals surface area contributed by atoms with Crippen LogP contribution in [0.3, 0.4) is 0 Å². The Morgan fingerprint density at radius 2 is 1.58 bits per heavy atom. The lowest BCUT2D eigenvalue weighted by atomic mass is 9.92. The first-order valence-corrected chi connectivity index (χ1v) is 13.8. The van der Waals surface area contributed by atoms with Crippen LogP contribution >= 0.6 is 0 Å². The Hall–Kier alpha value is -3.05. The van der Waals surface area contributed by atoms with Crippen molar-refractivity contribution >= 4 is 6.08 Å². The summed E-state index contributed by atoms with van der Waals surface area (Å²) in [6.45, 7) is 4.99. The third-order valence-electron chi connectivity index (χ3n) is 7.22. The lowest BCUT2D eigenvalue weighted by Gasteiger charge is -2.27. The van der Waals surface area contributed by atoms with E-state index in [1.165, 1.54) is 56.7 Å². The third kappa shape index (κ3) is 7.08. The van der Waals surface area contributed by atoms with Crippen LogP contribution in [-0.4, -0.2) is 19.3 Å². The van der Waals surface area contributed by atoms with Gasteiger partial charge in [-0.05, 0) is 67.0 Å². The molecule has 5 heteroatoms. The molecule has 0 spiro atoms. The fraction of sp³-hybridized carbons (Fsp3) is 0.394. The van der Waals surface area contributed by atoms with Gasteiger partial charge in [0, 0.05) is 11.1 Å². The van der Waals surface area contributed by atoms with Crippen LogP contribution in [0.25, 0.3) is 28.3 Å². The molecule has 202 valence electrons. The van der Waals surface area contributed by atoms with Crippen LogP contribution in [0.1, 0.15) is 64.4 Å². The molecule has 2 unspecified atom stereocenters. The van der Waals surface area contributed by atoms with Crippen LogP contribution in [0.2, 0.25) is 0 Å². The normalized spacial score (nSPS) is 17.7. The molecule has 0 amide bonds. The van der Waals surface area contributed by atoms with E-state index >= 15 is 0 Å². The average molecular weight is 523 g/mol. The summed E-state index contributed by atoms with van der Waals surface area (Å²) in [5.74, 6) is -1.77. The molecular weight excluding hydrogens is 485 g/mol. The van der Waals surface area contributed by atoms with Crippen LogP contribution < -0.4 is 4.74 Å². The van der Waals surface area contributed by atoms with Crippen molar-refractivity contribution in [1.29, 1.82) is 0 Å². The van der Waals surface area contributed by atoms with E-state index in [1.807, 2.05) is 18.2 Å². The second-order valence-electron chi connectivity index (χ2n) is 10.0. The molecule has 0 saturated carbocycles. The van der Waals surface area contributed by atoms with Crippen molar-refractivity contribution in [3.63, 3.8) is 0 Å². The van der Waals surface area contributed by atoms with Gasteiger partial charge in [0.2, 0.25) is 5.82 Å². The van der Waals surface area contributed by atoms with Gasteiger partial charge in [-0.25, -0.2) is 8.78 Å². The van der Waals surface area contributed by atoms with Crippen molar-refractivity contribution in [2.24, 2.45) is 5.92 Å². The van der Waals surface area contributed by atoms with Crippen LogP contribution in [-0.2, 0) is 4.74 Å². The first-order chi connectivity index (χ1) is 18.5. The number of halogens is 3. The van der Waals surface area contributed by atoms with Gasteiger partial charge in [0.15, 0.2) is 11.6 Å². The minimum atomic E-state index is -1.01. The van der Waals surface area contributed by atoms with Gasteiger partial charge in [-0.2, -0.15) is 4.39 Å². The standard InChI is InChI=1S/C33H37F3O2/c1-3-5-6-7-8-24-10-17-27(38-22-24)16-9-23-11-18-28(30(34)21-23)25-12-14-26(15-13-25)29-19-20-31(37-4-2)33(36)32(29)35/h9,11-16,18-21,24,27H,3-8,10,17,22H2,1-2H3. The molecule has 1 aliphatic rings. The minimum Gasteiger partial charge on any atom is -0.491 e. The highest BCUT2D eigenvalue weighted by Gasteiger charge is 2.20. The molecule has 1 heterocycles. The number of hydrogen-bond donors (Lipinski definition) is 0. The van der Waals surface area contributed by atoms with Crippen LogP contribution in [0.4, 0.5) is 13.2 Å². The number of ether oxygens (including phenoxy) is 2. The summed E-state index contributed by atoms with van der Waals surface area (Å²) >= 11 is 0. The van der Waals surface area contributed by atoms with Crippen molar-refractivity contribution in [2.45, 2.75) is 64.9 Å². The Kier molecular flexibility index (Phi) is 10.1. The van der Waals surface area contributed by atoms with Gasteiger partial charge in [-0.3, -0.25) is 0 Å². The second-order valence-corrected chi connectivity index (χ2v) is 10.0. The van der Waals surface area contributed by atoms with E-state index in [1.54, 1.807) is 37.3 Å². The molecule has 0 aromatic heterocycles. The highest BCUT2D eigenvalue weighted by atomic mass is 19.2. The maximum Gasteiger partial charge on any atom is 0.201 e. The Labute approximate surface area is 224 Å². The van der Waals surface area contributed by atoms with E-state index in [0.29, 0.717) is 22.6 Å². The smallest absolute Gasteiger partial charge is 0.201 e. The molecule has 2 nitrogen and oxygen atoms in total. The van der Waals surface area contributed by atoms with Crippen molar-refractivity contribution in [3.8, 4) is 28.0 Å². The van der Waals surface area contributed by atoms with Crippen molar-refractivity contribution < 1.29 is 22.6 Å². The summed E-state index contributed by atoms with van der Waals surface area (Å²) in [5.41, 5.74) is 2.52. The van der Waals surface area contributed by atoms with Crippen molar-refractivity contribution in [2.75, 3.05) is 13.2 Å². The molecule has 3 aromatic rings. The number of benzene rings is 3. The van der Waals surface area contributed by atoms with Crippen LogP contribution in [0.5, 0.6) is 5.75 Å². The molecule has 3 aromatic carbocycles. The zero-order chi connectivity index (χ0) is 26.9. The van der Waals surface area contributed by atoms with Crippen molar-refractivity contribution in [3.05, 3.63) is 83.7 Å². The van der Waals surface area contributed by atoms with Crippen molar-refractivity contribution in [1.82, 2.24) is 0 Å². The zero-order valence-electron chi connectivity index (χ0n) is 22.3. The lowest BCUT2D eigenvalue weighted by Crippen LogP contribution is -2.24. The monoisotopic (exact) mass is 522 g/mol. The zero-order valence-corrected chi connectivity index (χ0v) is 22.3. The summed E-state index contributed by atoms with van der Waals surface area (Å²) in [5, 5.41) is 0. The summed E-state index contributed by atoms with van der Waals surface area (Å²) < 4.78 is 55.0. The molecule has 0 bridgehead atoms. The number of rotatable bonds is 11. The van der Waals surface area contributed by atoms with E-state index in [2.05, 4.69) is 6.92 Å². The Bertz CT molecular complexity index is 1210. The summed E-state index contributed by atoms with van der Waals surface area (Å²) in [7, 11) is 0. The average Bonchev–Trinajstić information content (AvgIpc) is 2.94. The van der Waals surface area contributed by atoms with Gasteiger partial charge in [-0.15, -0.1) is 0 Å². The van der Waals surface area contributed by atoms with Gasteiger partial charge in [0.1, 0.15) is 5.82 Å². The van der Waals surface area contributed by atoms with E-state index in [-0.39, 0.29) is 29.8 Å². The molecular formula is C33H37F3O2. The quantitative estimate of drug-likeness (QED) is 0.233. The third-order valence-corrected chi connectivity index (χ3v) is 7.22. The van der Waals surface area contributed by atoms with E-state index < -0.39 is 11.6 Å². The maximum atomic E-state index is 15.0. The number of hydrogen-bond acceptors (Lipinski definition) is 2. The molecule has 1 aliphatic heterocycles. The molecule has 2 atom stereocenters. The molecule has 0 radical (unpaired) electrons. The van der Waals surface area contributed by atoms with E-state index in [0.717, 1.165) is 18.6 Å². The topological polar surface area (TPSA) is 18.5 Å². The van der Waals surface area contributed by atoms with Gasteiger partial charge < -0.3 is 9.47 Å². The van der Waals surface area contributed by atoms with E-state index in [4.69, 9.17) is 9.47 Å². The summed E-state index contributed by atoms with van der Waals surface area (Å²) in [4.78, 5) is 0. The minimum absolute atomic E-state index is 0.0741. The molecule has 38 heavy (non-hydrogen) atoms. The highest BCUT2D eigenvalue weighted by molar-refractivity contribution is 5.72. The SMILES string of the molecule is CCCCCCC1CCC(C=Cc2ccc(-c3ccc(-c4ccc(OCC)c(F)c4F)cc3)c(F)c2)OC1. The van der Waals surface area contributed by atoms with Gasteiger partial charge in [0.05, 0.1) is 19.3 Å². The van der Waals surface area contributed by atoms with Crippen LogP contribution in [0, 0.1) is 23.4 Å². The molecule has 1 fully saturated rings. The van der Waals surface area contributed by atoms with Crippen LogP contribution in [0.15, 0.2) is 60.7 Å². The summed E-state index contributed by atoms with van der Waals surface area (Å²) in [6, 6.07) is 14.8. The predicted molar refractivity (Wildman–Crippen MR) is 149 cm³/mol. The lowest BCUT2D eigenvalue weighted by molar-refractivity contribution is 0.00825. The first-order valence-electron chi connectivity index (χ1n) is 13.8. The predicted octanol–water partition coefficient (Wildman–Crippen LogP) is 9.62. The van der Waals surface area contributed by atoms with Gasteiger partial charge in [-0.1, -0.05) is 81.2 Å². The first kappa shape index (κ1) is 28.0. The Balaban J connectivity index is 1.37. The molecule has 0 aliphatic carbocycles. The van der Waals surface area contributed by atoms with E-state index in [9.17, 15) is 13.2 Å². The molecule has 1 saturated heterocycles. The largest absolute Gasteiger partial charge is 0.491 e. The number of unbranched alkanes of at least 4 members (excludes halogenated alkanes) is 3.